The molecule has 2 rings (SSSR count). The van der Waals surface area contributed by atoms with E-state index in [0.29, 0.717) is 16.7 Å². The SMILES string of the molecule is Cc1cc(C)c(S(=O)(=O)NCCC(=O)NCc2cccc(C(F)(F)F)c2)c(C)c1. The average Bonchev–Trinajstić information content (AvgIpc) is 2.58. The van der Waals surface area contributed by atoms with Crippen molar-refractivity contribution in [3.8, 4) is 0 Å². The monoisotopic (exact) mass is 428 g/mol. The molecule has 0 spiro atoms. The number of carbonyl (C=O) groups is 1. The van der Waals surface area contributed by atoms with Crippen LogP contribution in [0.5, 0.6) is 0 Å². The third-order valence-electron chi connectivity index (χ3n) is 4.26. The third-order valence-corrected chi connectivity index (χ3v) is 6.03. The van der Waals surface area contributed by atoms with E-state index in [9.17, 15) is 26.4 Å². The molecule has 0 aliphatic carbocycles. The summed E-state index contributed by atoms with van der Waals surface area (Å²) in [5.41, 5.74) is 1.70. The lowest BCUT2D eigenvalue weighted by Gasteiger charge is -2.13. The molecular formula is C20H23F3N2O3S. The number of amides is 1. The zero-order valence-corrected chi connectivity index (χ0v) is 17.2. The summed E-state index contributed by atoms with van der Waals surface area (Å²) in [5.74, 6) is -0.470. The van der Waals surface area contributed by atoms with Crippen molar-refractivity contribution in [2.45, 2.75) is 44.8 Å². The van der Waals surface area contributed by atoms with E-state index in [1.54, 1.807) is 26.0 Å². The Labute approximate surface area is 168 Å². The Morgan fingerprint density at radius 2 is 1.66 bits per heavy atom. The molecule has 5 nitrogen and oxygen atoms in total. The minimum atomic E-state index is -4.45. The maximum atomic E-state index is 12.7. The molecule has 0 fully saturated rings. The molecular weight excluding hydrogens is 405 g/mol. The van der Waals surface area contributed by atoms with E-state index in [-0.39, 0.29) is 24.4 Å². The molecule has 2 aromatic rings. The van der Waals surface area contributed by atoms with Crippen molar-refractivity contribution in [1.82, 2.24) is 10.0 Å². The zero-order valence-electron chi connectivity index (χ0n) is 16.4. The van der Waals surface area contributed by atoms with E-state index in [4.69, 9.17) is 0 Å². The largest absolute Gasteiger partial charge is 0.416 e. The van der Waals surface area contributed by atoms with Crippen molar-refractivity contribution >= 4 is 15.9 Å². The quantitative estimate of drug-likeness (QED) is 0.707. The standard InChI is InChI=1S/C20H23F3N2O3S/c1-13-9-14(2)19(15(3)10-13)29(27,28)25-8-7-18(26)24-12-16-5-4-6-17(11-16)20(21,22)23/h4-6,9-11,25H,7-8,12H2,1-3H3,(H,24,26). The number of hydrogen-bond donors (Lipinski definition) is 2. The highest BCUT2D eigenvalue weighted by Crippen LogP contribution is 2.29. The van der Waals surface area contributed by atoms with Crippen LogP contribution in [0.2, 0.25) is 0 Å². The summed E-state index contributed by atoms with van der Waals surface area (Å²) >= 11 is 0. The molecule has 0 aliphatic heterocycles. The minimum Gasteiger partial charge on any atom is -0.352 e. The first-order valence-electron chi connectivity index (χ1n) is 8.90. The molecule has 2 aromatic carbocycles. The molecule has 29 heavy (non-hydrogen) atoms. The van der Waals surface area contributed by atoms with Crippen LogP contribution in [0.1, 0.15) is 34.2 Å². The van der Waals surface area contributed by atoms with Crippen molar-refractivity contribution < 1.29 is 26.4 Å². The molecule has 0 heterocycles. The van der Waals surface area contributed by atoms with E-state index in [1.165, 1.54) is 12.1 Å². The second kappa shape index (κ2) is 8.96. The van der Waals surface area contributed by atoms with Gasteiger partial charge in [-0.15, -0.1) is 0 Å². The number of alkyl halides is 3. The molecule has 0 saturated carbocycles. The van der Waals surface area contributed by atoms with Gasteiger partial charge in [-0.1, -0.05) is 29.8 Å². The highest BCUT2D eigenvalue weighted by Gasteiger charge is 2.30. The first-order valence-corrected chi connectivity index (χ1v) is 10.4. The van der Waals surface area contributed by atoms with E-state index in [1.807, 2.05) is 6.92 Å². The van der Waals surface area contributed by atoms with Crippen molar-refractivity contribution in [2.75, 3.05) is 6.54 Å². The molecule has 0 aromatic heterocycles. The van der Waals surface area contributed by atoms with Crippen LogP contribution in [-0.4, -0.2) is 20.9 Å². The second-order valence-electron chi connectivity index (χ2n) is 6.85. The summed E-state index contributed by atoms with van der Waals surface area (Å²) in [7, 11) is -3.78. The Morgan fingerprint density at radius 1 is 1.03 bits per heavy atom. The number of carbonyl (C=O) groups excluding carboxylic acids is 1. The molecule has 9 heteroatoms. The average molecular weight is 428 g/mol. The number of nitrogens with one attached hydrogen (secondary N) is 2. The molecule has 0 radical (unpaired) electrons. The van der Waals surface area contributed by atoms with Crippen LogP contribution in [-0.2, 0) is 27.5 Å². The smallest absolute Gasteiger partial charge is 0.352 e. The van der Waals surface area contributed by atoms with Crippen LogP contribution >= 0.6 is 0 Å². The molecule has 0 unspecified atom stereocenters. The lowest BCUT2D eigenvalue weighted by molar-refractivity contribution is -0.137. The van der Waals surface area contributed by atoms with Crippen LogP contribution in [0.3, 0.4) is 0 Å². The lowest BCUT2D eigenvalue weighted by Crippen LogP contribution is -2.31. The maximum absolute atomic E-state index is 12.7. The molecule has 2 N–H and O–H groups in total. The molecule has 0 saturated heterocycles. The summed E-state index contributed by atoms with van der Waals surface area (Å²) in [6, 6.07) is 8.19. The third kappa shape index (κ3) is 6.30. The van der Waals surface area contributed by atoms with Gasteiger partial charge in [0.1, 0.15) is 0 Å². The van der Waals surface area contributed by atoms with Crippen LogP contribution in [0.25, 0.3) is 0 Å². The molecule has 1 amide bonds. The number of benzene rings is 2. The zero-order chi connectivity index (χ0) is 21.8. The van der Waals surface area contributed by atoms with Gasteiger partial charge in [0.15, 0.2) is 0 Å². The van der Waals surface area contributed by atoms with Crippen molar-refractivity contribution in [1.29, 1.82) is 0 Å². The number of sulfonamides is 1. The topological polar surface area (TPSA) is 75.3 Å². The second-order valence-corrected chi connectivity index (χ2v) is 8.55. The Bertz CT molecular complexity index is 979. The van der Waals surface area contributed by atoms with Gasteiger partial charge in [0.05, 0.1) is 10.5 Å². The van der Waals surface area contributed by atoms with Gasteiger partial charge < -0.3 is 5.32 Å². The fourth-order valence-corrected chi connectivity index (χ4v) is 4.59. The molecule has 0 bridgehead atoms. The maximum Gasteiger partial charge on any atom is 0.416 e. The predicted molar refractivity (Wildman–Crippen MR) is 104 cm³/mol. The number of halogens is 3. The van der Waals surface area contributed by atoms with Crippen molar-refractivity contribution in [3.05, 3.63) is 64.2 Å². The fourth-order valence-electron chi connectivity index (χ4n) is 3.11. The van der Waals surface area contributed by atoms with E-state index >= 15 is 0 Å². The van der Waals surface area contributed by atoms with Gasteiger partial charge in [-0.3, -0.25) is 4.79 Å². The minimum absolute atomic E-state index is 0.0777. The Hall–Kier alpha value is -2.39. The van der Waals surface area contributed by atoms with Crippen molar-refractivity contribution in [2.24, 2.45) is 0 Å². The predicted octanol–water partition coefficient (Wildman–Crippen LogP) is 3.62. The van der Waals surface area contributed by atoms with Crippen LogP contribution in [0, 0.1) is 20.8 Å². The van der Waals surface area contributed by atoms with Gasteiger partial charge in [-0.05, 0) is 49.6 Å². The van der Waals surface area contributed by atoms with Crippen LogP contribution in [0.15, 0.2) is 41.3 Å². The van der Waals surface area contributed by atoms with Gasteiger partial charge in [0.2, 0.25) is 15.9 Å². The fraction of sp³-hybridized carbons (Fsp3) is 0.350. The Kier molecular flexibility index (Phi) is 7.07. The number of hydrogen-bond acceptors (Lipinski definition) is 3. The first kappa shape index (κ1) is 22.9. The number of rotatable bonds is 7. The van der Waals surface area contributed by atoms with E-state index < -0.39 is 27.7 Å². The van der Waals surface area contributed by atoms with Crippen LogP contribution < -0.4 is 10.0 Å². The molecule has 0 atom stereocenters. The Balaban J connectivity index is 1.90. The Morgan fingerprint density at radius 3 is 2.24 bits per heavy atom. The first-order chi connectivity index (χ1) is 13.4. The highest BCUT2D eigenvalue weighted by molar-refractivity contribution is 7.89. The van der Waals surface area contributed by atoms with Gasteiger partial charge in [-0.2, -0.15) is 13.2 Å². The summed E-state index contributed by atoms with van der Waals surface area (Å²) in [6.45, 7) is 5.08. The van der Waals surface area contributed by atoms with Crippen molar-refractivity contribution in [3.63, 3.8) is 0 Å². The summed E-state index contributed by atoms with van der Waals surface area (Å²) in [5, 5.41) is 2.49. The molecule has 158 valence electrons. The van der Waals surface area contributed by atoms with E-state index in [0.717, 1.165) is 17.7 Å². The van der Waals surface area contributed by atoms with Gasteiger partial charge in [0, 0.05) is 19.5 Å². The summed E-state index contributed by atoms with van der Waals surface area (Å²) < 4.78 is 65.6. The van der Waals surface area contributed by atoms with E-state index in [2.05, 4.69) is 10.0 Å². The van der Waals surface area contributed by atoms with Gasteiger partial charge in [0.25, 0.3) is 0 Å². The molecule has 0 aliphatic rings. The highest BCUT2D eigenvalue weighted by atomic mass is 32.2. The lowest BCUT2D eigenvalue weighted by atomic mass is 10.1. The normalized spacial score (nSPS) is 12.1. The van der Waals surface area contributed by atoms with Gasteiger partial charge in [-0.25, -0.2) is 13.1 Å². The summed E-state index contributed by atoms with van der Waals surface area (Å²) in [6.07, 6.45) is -4.59. The summed E-state index contributed by atoms with van der Waals surface area (Å²) in [4.78, 5) is 12.1. The van der Waals surface area contributed by atoms with Gasteiger partial charge >= 0.3 is 6.18 Å². The van der Waals surface area contributed by atoms with Crippen LogP contribution in [0.4, 0.5) is 13.2 Å². The number of aryl methyl sites for hydroxylation is 3.